The van der Waals surface area contributed by atoms with E-state index in [9.17, 15) is 4.79 Å². The molecule has 1 amide bonds. The van der Waals surface area contributed by atoms with Gasteiger partial charge in [0.05, 0.1) is 13.7 Å². The monoisotopic (exact) mass is 409 g/mol. The Hall–Kier alpha value is -3.35. The number of likely N-dealkylation sites (N-methyl/N-ethyl adjacent to an activating group) is 1. The van der Waals surface area contributed by atoms with Crippen LogP contribution in [0.1, 0.15) is 38.1 Å². The molecule has 1 atom stereocenters. The quantitative estimate of drug-likeness (QED) is 0.552. The summed E-state index contributed by atoms with van der Waals surface area (Å²) in [6.07, 6.45) is -0.643. The standard InChI is InChI=1S/C23H27N3O4/c1-15(2)19-11-6-7-12-20(19)29-16(3)23(27)26(4)14-21-24-22(25-30-21)17-9-8-10-18(13-17)28-5/h6-13,15-16H,14H2,1-5H3. The second-order valence-electron chi connectivity index (χ2n) is 7.39. The SMILES string of the molecule is COc1cccc(-c2noc(CN(C)C(=O)C(C)Oc3ccccc3C(C)C)n2)c1. The molecule has 0 saturated heterocycles. The van der Waals surface area contributed by atoms with Gasteiger partial charge in [-0.2, -0.15) is 4.98 Å². The first-order valence-corrected chi connectivity index (χ1v) is 9.86. The van der Waals surface area contributed by atoms with Crippen molar-refractivity contribution in [1.29, 1.82) is 0 Å². The molecule has 0 fully saturated rings. The van der Waals surface area contributed by atoms with Crippen molar-refractivity contribution in [3.05, 3.63) is 60.0 Å². The number of hydrogen-bond donors (Lipinski definition) is 0. The molecular formula is C23H27N3O4. The zero-order chi connectivity index (χ0) is 21.7. The molecule has 0 aliphatic rings. The van der Waals surface area contributed by atoms with Crippen LogP contribution in [0, 0.1) is 0 Å². The van der Waals surface area contributed by atoms with E-state index in [1.807, 2.05) is 48.5 Å². The van der Waals surface area contributed by atoms with Crippen LogP contribution in [-0.2, 0) is 11.3 Å². The Kier molecular flexibility index (Phi) is 6.72. The van der Waals surface area contributed by atoms with E-state index in [1.54, 1.807) is 21.1 Å². The first-order valence-electron chi connectivity index (χ1n) is 9.86. The fraction of sp³-hybridized carbons (Fsp3) is 0.348. The molecule has 1 aromatic heterocycles. The van der Waals surface area contributed by atoms with Crippen molar-refractivity contribution in [2.45, 2.75) is 39.3 Å². The topological polar surface area (TPSA) is 77.7 Å². The van der Waals surface area contributed by atoms with Crippen molar-refractivity contribution in [3.63, 3.8) is 0 Å². The number of methoxy groups -OCH3 is 1. The van der Waals surface area contributed by atoms with Gasteiger partial charge < -0.3 is 18.9 Å². The Balaban J connectivity index is 1.65. The first-order chi connectivity index (χ1) is 14.4. The Morgan fingerprint density at radius 2 is 1.90 bits per heavy atom. The fourth-order valence-electron chi connectivity index (χ4n) is 3.10. The number of aromatic nitrogens is 2. The molecule has 3 aromatic rings. The van der Waals surface area contributed by atoms with Crippen molar-refractivity contribution >= 4 is 5.91 Å². The lowest BCUT2D eigenvalue weighted by Crippen LogP contribution is -2.37. The third-order valence-corrected chi connectivity index (χ3v) is 4.74. The van der Waals surface area contributed by atoms with E-state index in [0.29, 0.717) is 23.4 Å². The van der Waals surface area contributed by atoms with Gasteiger partial charge in [-0.05, 0) is 36.6 Å². The minimum absolute atomic E-state index is 0.172. The molecular weight excluding hydrogens is 382 g/mol. The highest BCUT2D eigenvalue weighted by Crippen LogP contribution is 2.27. The first kappa shape index (κ1) is 21.4. The highest BCUT2D eigenvalue weighted by molar-refractivity contribution is 5.80. The van der Waals surface area contributed by atoms with E-state index < -0.39 is 6.10 Å². The molecule has 158 valence electrons. The van der Waals surface area contributed by atoms with Crippen LogP contribution in [0.15, 0.2) is 53.1 Å². The van der Waals surface area contributed by atoms with Crippen LogP contribution < -0.4 is 9.47 Å². The van der Waals surface area contributed by atoms with E-state index >= 15 is 0 Å². The van der Waals surface area contributed by atoms with Gasteiger partial charge in [0, 0.05) is 12.6 Å². The maximum atomic E-state index is 12.8. The van der Waals surface area contributed by atoms with Gasteiger partial charge >= 0.3 is 0 Å². The number of ether oxygens (including phenoxy) is 2. The van der Waals surface area contributed by atoms with Gasteiger partial charge in [0.2, 0.25) is 11.7 Å². The van der Waals surface area contributed by atoms with Crippen molar-refractivity contribution in [2.24, 2.45) is 0 Å². The summed E-state index contributed by atoms with van der Waals surface area (Å²) in [5.74, 6) is 2.35. The molecule has 0 N–H and O–H groups in total. The van der Waals surface area contributed by atoms with E-state index in [2.05, 4.69) is 24.0 Å². The molecule has 3 rings (SSSR count). The van der Waals surface area contributed by atoms with Gasteiger partial charge in [0.25, 0.3) is 5.91 Å². The third kappa shape index (κ3) is 4.97. The summed E-state index contributed by atoms with van der Waals surface area (Å²) in [6, 6.07) is 15.2. The third-order valence-electron chi connectivity index (χ3n) is 4.74. The molecule has 2 aromatic carbocycles. The van der Waals surface area contributed by atoms with Crippen LogP contribution in [0.5, 0.6) is 11.5 Å². The van der Waals surface area contributed by atoms with Crippen molar-refractivity contribution in [1.82, 2.24) is 15.0 Å². The smallest absolute Gasteiger partial charge is 0.263 e. The van der Waals surface area contributed by atoms with Gasteiger partial charge in [0.1, 0.15) is 11.5 Å². The normalized spacial score (nSPS) is 11.9. The number of benzene rings is 2. The number of amides is 1. The Morgan fingerprint density at radius 1 is 1.13 bits per heavy atom. The molecule has 0 saturated carbocycles. The summed E-state index contributed by atoms with van der Waals surface area (Å²) in [6.45, 7) is 6.12. The number of nitrogens with zero attached hydrogens (tertiary/aromatic N) is 3. The minimum atomic E-state index is -0.643. The number of hydrogen-bond acceptors (Lipinski definition) is 6. The molecule has 0 bridgehead atoms. The summed E-state index contributed by atoms with van der Waals surface area (Å²) >= 11 is 0. The van der Waals surface area contributed by atoms with Crippen molar-refractivity contribution < 1.29 is 18.8 Å². The second-order valence-corrected chi connectivity index (χ2v) is 7.39. The Labute approximate surface area is 176 Å². The average molecular weight is 409 g/mol. The highest BCUT2D eigenvalue weighted by Gasteiger charge is 2.22. The zero-order valence-electron chi connectivity index (χ0n) is 18.0. The summed E-state index contributed by atoms with van der Waals surface area (Å²) in [5, 5.41) is 4.01. The lowest BCUT2D eigenvalue weighted by molar-refractivity contribution is -0.137. The predicted molar refractivity (Wildman–Crippen MR) is 113 cm³/mol. The maximum absolute atomic E-state index is 12.8. The van der Waals surface area contributed by atoms with Crippen LogP contribution >= 0.6 is 0 Å². The number of para-hydroxylation sites is 1. The molecule has 0 aliphatic carbocycles. The molecule has 1 unspecified atom stereocenters. The lowest BCUT2D eigenvalue weighted by atomic mass is 10.0. The van der Waals surface area contributed by atoms with E-state index in [-0.39, 0.29) is 12.5 Å². The molecule has 0 radical (unpaired) electrons. The van der Waals surface area contributed by atoms with Crippen LogP contribution in [0.3, 0.4) is 0 Å². The zero-order valence-corrected chi connectivity index (χ0v) is 18.0. The van der Waals surface area contributed by atoms with Gasteiger partial charge in [0.15, 0.2) is 6.10 Å². The van der Waals surface area contributed by atoms with Crippen LogP contribution in [0.2, 0.25) is 0 Å². The fourth-order valence-corrected chi connectivity index (χ4v) is 3.10. The van der Waals surface area contributed by atoms with Gasteiger partial charge in [-0.3, -0.25) is 4.79 Å². The van der Waals surface area contributed by atoms with E-state index in [1.165, 1.54) is 4.90 Å². The van der Waals surface area contributed by atoms with Gasteiger partial charge in [-0.1, -0.05) is 49.3 Å². The second kappa shape index (κ2) is 9.43. The van der Waals surface area contributed by atoms with Crippen LogP contribution in [0.25, 0.3) is 11.4 Å². The van der Waals surface area contributed by atoms with Crippen LogP contribution in [-0.4, -0.2) is 41.2 Å². The average Bonchev–Trinajstić information content (AvgIpc) is 3.21. The van der Waals surface area contributed by atoms with E-state index in [4.69, 9.17) is 14.0 Å². The Morgan fingerprint density at radius 3 is 2.63 bits per heavy atom. The van der Waals surface area contributed by atoms with Crippen LogP contribution in [0.4, 0.5) is 0 Å². The summed E-state index contributed by atoms with van der Waals surface area (Å²) in [7, 11) is 3.29. The van der Waals surface area contributed by atoms with E-state index in [0.717, 1.165) is 16.9 Å². The molecule has 7 nitrogen and oxygen atoms in total. The molecule has 0 spiro atoms. The summed E-state index contributed by atoms with van der Waals surface area (Å²) in [5.41, 5.74) is 1.85. The largest absolute Gasteiger partial charge is 0.497 e. The predicted octanol–water partition coefficient (Wildman–Crippen LogP) is 4.29. The molecule has 1 heterocycles. The van der Waals surface area contributed by atoms with Crippen molar-refractivity contribution in [3.8, 4) is 22.9 Å². The molecule has 0 aliphatic heterocycles. The van der Waals surface area contributed by atoms with Crippen molar-refractivity contribution in [2.75, 3.05) is 14.2 Å². The molecule has 30 heavy (non-hydrogen) atoms. The summed E-state index contributed by atoms with van der Waals surface area (Å²) in [4.78, 5) is 18.7. The lowest BCUT2D eigenvalue weighted by Gasteiger charge is -2.22. The maximum Gasteiger partial charge on any atom is 0.263 e. The number of carbonyl (C=O) groups excluding carboxylic acids is 1. The minimum Gasteiger partial charge on any atom is -0.497 e. The number of rotatable bonds is 8. The highest BCUT2D eigenvalue weighted by atomic mass is 16.5. The summed E-state index contributed by atoms with van der Waals surface area (Å²) < 4.78 is 16.5. The van der Waals surface area contributed by atoms with Gasteiger partial charge in [-0.25, -0.2) is 0 Å². The molecule has 7 heteroatoms. The Bertz CT molecular complexity index is 999. The number of carbonyl (C=O) groups is 1. The van der Waals surface area contributed by atoms with Gasteiger partial charge in [-0.15, -0.1) is 0 Å².